The molecule has 2 aromatic rings. The molecule has 1 aromatic heterocycles. The third-order valence-electron chi connectivity index (χ3n) is 5.71. The second kappa shape index (κ2) is 8.07. The normalized spacial score (nSPS) is 20.7. The lowest BCUT2D eigenvalue weighted by Crippen LogP contribution is -2.35. The molecule has 1 atom stereocenters. The molecule has 0 fully saturated rings. The van der Waals surface area contributed by atoms with E-state index in [1.807, 2.05) is 6.08 Å². The number of fused-ring (bicyclic) bond motifs is 1. The number of rotatable bonds is 6. The Morgan fingerprint density at radius 1 is 1.19 bits per heavy atom. The van der Waals surface area contributed by atoms with Gasteiger partial charge in [0.2, 0.25) is 0 Å². The van der Waals surface area contributed by atoms with E-state index in [0.717, 1.165) is 25.8 Å². The Morgan fingerprint density at radius 3 is 3.04 bits per heavy atom. The maximum atomic E-state index is 8.97. The maximum absolute atomic E-state index is 8.97. The van der Waals surface area contributed by atoms with Crippen LogP contribution in [0.1, 0.15) is 37.7 Å². The molecule has 0 radical (unpaired) electrons. The Hall–Kier alpha value is -2.10. The van der Waals surface area contributed by atoms with Crippen LogP contribution in [0.15, 0.2) is 65.4 Å². The van der Waals surface area contributed by atoms with Gasteiger partial charge in [-0.05, 0) is 73.4 Å². The Morgan fingerprint density at radius 2 is 2.12 bits per heavy atom. The lowest BCUT2D eigenvalue weighted by molar-refractivity contribution is 0.342. The number of aromatic amines is 1. The summed E-state index contributed by atoms with van der Waals surface area (Å²) in [5, 5.41) is 14.1. The van der Waals surface area contributed by atoms with Crippen molar-refractivity contribution in [3.05, 3.63) is 71.0 Å². The molecule has 1 aromatic carbocycles. The first kappa shape index (κ1) is 17.3. The quantitative estimate of drug-likeness (QED) is 0.724. The molecule has 0 saturated carbocycles. The highest BCUT2D eigenvalue weighted by molar-refractivity contribution is 5.83. The van der Waals surface area contributed by atoms with Crippen LogP contribution in [0.4, 0.5) is 0 Å². The van der Waals surface area contributed by atoms with E-state index < -0.39 is 0 Å². The molecule has 0 bridgehead atoms. The molecule has 3 heteroatoms. The van der Waals surface area contributed by atoms with E-state index in [9.17, 15) is 0 Å². The molecule has 2 aliphatic rings. The van der Waals surface area contributed by atoms with E-state index in [4.69, 9.17) is 5.11 Å². The third kappa shape index (κ3) is 3.69. The van der Waals surface area contributed by atoms with Gasteiger partial charge >= 0.3 is 0 Å². The van der Waals surface area contributed by atoms with Gasteiger partial charge in [-0.1, -0.05) is 36.4 Å². The number of aromatic nitrogens is 1. The van der Waals surface area contributed by atoms with E-state index in [1.54, 1.807) is 5.57 Å². The van der Waals surface area contributed by atoms with Crippen LogP contribution in [0.3, 0.4) is 0 Å². The molecule has 0 saturated heterocycles. The average molecular weight is 348 g/mol. The summed E-state index contributed by atoms with van der Waals surface area (Å²) in [6, 6.07) is 9.07. The van der Waals surface area contributed by atoms with Crippen molar-refractivity contribution < 1.29 is 5.11 Å². The standard InChI is InChI=1S/C23H28N2O/c26-14-4-5-17-10-11-21-18(15-17)6-3-9-22(21)24-13-12-19-16-25-23-8-2-1-7-20(19)23/h1-2,4-5,7-8,15-16,22,24-26H,3,6,9-14H2/b5-4+. The van der Waals surface area contributed by atoms with Gasteiger partial charge in [-0.15, -0.1) is 0 Å². The number of H-pyrrole nitrogens is 1. The first-order chi connectivity index (χ1) is 12.8. The second-order valence-corrected chi connectivity index (χ2v) is 7.36. The summed E-state index contributed by atoms with van der Waals surface area (Å²) < 4.78 is 0. The minimum Gasteiger partial charge on any atom is -0.392 e. The summed E-state index contributed by atoms with van der Waals surface area (Å²) in [6.45, 7) is 1.14. The summed E-state index contributed by atoms with van der Waals surface area (Å²) in [5.74, 6) is 0. The van der Waals surface area contributed by atoms with Crippen molar-refractivity contribution in [1.82, 2.24) is 10.3 Å². The van der Waals surface area contributed by atoms with Crippen molar-refractivity contribution in [1.29, 1.82) is 0 Å². The lowest BCUT2D eigenvalue weighted by Gasteiger charge is -2.31. The lowest BCUT2D eigenvalue weighted by atomic mass is 9.80. The number of hydrogen-bond acceptors (Lipinski definition) is 2. The van der Waals surface area contributed by atoms with Gasteiger partial charge in [0.05, 0.1) is 6.61 Å². The summed E-state index contributed by atoms with van der Waals surface area (Å²) >= 11 is 0. The minimum atomic E-state index is 0.126. The molecule has 4 rings (SSSR count). The molecule has 0 spiro atoms. The van der Waals surface area contributed by atoms with Crippen LogP contribution in [0.25, 0.3) is 10.9 Å². The molecule has 2 aliphatic carbocycles. The number of nitrogens with one attached hydrogen (secondary N) is 2. The minimum absolute atomic E-state index is 0.126. The predicted octanol–water partition coefficient (Wildman–Crippen LogP) is 4.42. The number of allylic oxidation sites excluding steroid dienone is 4. The van der Waals surface area contributed by atoms with E-state index in [-0.39, 0.29) is 6.61 Å². The fourth-order valence-corrected chi connectivity index (χ4v) is 4.41. The molecule has 1 unspecified atom stereocenters. The van der Waals surface area contributed by atoms with Crippen LogP contribution in [0.5, 0.6) is 0 Å². The number of para-hydroxylation sites is 1. The highest BCUT2D eigenvalue weighted by atomic mass is 16.2. The van der Waals surface area contributed by atoms with Crippen LogP contribution < -0.4 is 5.32 Å². The smallest absolute Gasteiger partial charge is 0.0615 e. The fourth-order valence-electron chi connectivity index (χ4n) is 4.41. The van der Waals surface area contributed by atoms with Gasteiger partial charge < -0.3 is 15.4 Å². The van der Waals surface area contributed by atoms with Crippen LogP contribution in [-0.2, 0) is 6.42 Å². The Kier molecular flexibility index (Phi) is 5.37. The van der Waals surface area contributed by atoms with E-state index >= 15 is 0 Å². The van der Waals surface area contributed by atoms with Gasteiger partial charge in [-0.3, -0.25) is 0 Å². The van der Waals surface area contributed by atoms with Gasteiger partial charge in [-0.25, -0.2) is 0 Å². The van der Waals surface area contributed by atoms with Crippen molar-refractivity contribution in [2.24, 2.45) is 0 Å². The third-order valence-corrected chi connectivity index (χ3v) is 5.71. The first-order valence-electron chi connectivity index (χ1n) is 9.83. The Balaban J connectivity index is 1.40. The van der Waals surface area contributed by atoms with Gasteiger partial charge in [0.1, 0.15) is 0 Å². The molecule has 3 nitrogen and oxygen atoms in total. The van der Waals surface area contributed by atoms with Gasteiger partial charge in [-0.2, -0.15) is 0 Å². The second-order valence-electron chi connectivity index (χ2n) is 7.36. The van der Waals surface area contributed by atoms with Gasteiger partial charge in [0.25, 0.3) is 0 Å². The SMILES string of the molecule is OC/C=C/C1=CC2=C(CC1)C(NCCc1c[nH]c3ccccc13)CCC2. The van der Waals surface area contributed by atoms with Crippen molar-refractivity contribution in [3.63, 3.8) is 0 Å². The molecule has 3 N–H and O–H groups in total. The van der Waals surface area contributed by atoms with Crippen LogP contribution >= 0.6 is 0 Å². The topological polar surface area (TPSA) is 48.0 Å². The zero-order valence-electron chi connectivity index (χ0n) is 15.3. The van der Waals surface area contributed by atoms with Crippen molar-refractivity contribution in [3.8, 4) is 0 Å². The molecule has 136 valence electrons. The number of benzene rings is 1. The fraction of sp³-hybridized carbons (Fsp3) is 0.391. The van der Waals surface area contributed by atoms with Crippen LogP contribution in [0, 0.1) is 0 Å². The summed E-state index contributed by atoms with van der Waals surface area (Å²) in [7, 11) is 0. The van der Waals surface area contributed by atoms with E-state index in [2.05, 4.69) is 52.9 Å². The van der Waals surface area contributed by atoms with E-state index in [1.165, 1.54) is 46.9 Å². The molecule has 1 heterocycles. The molecule has 0 amide bonds. The molecular formula is C23H28N2O. The van der Waals surface area contributed by atoms with Crippen molar-refractivity contribution in [2.45, 2.75) is 44.6 Å². The molecular weight excluding hydrogens is 320 g/mol. The first-order valence-corrected chi connectivity index (χ1v) is 9.83. The number of aliphatic hydroxyl groups excluding tert-OH is 1. The monoisotopic (exact) mass is 348 g/mol. The Labute approximate surface area is 155 Å². The van der Waals surface area contributed by atoms with Crippen LogP contribution in [0.2, 0.25) is 0 Å². The van der Waals surface area contributed by atoms with Crippen molar-refractivity contribution in [2.75, 3.05) is 13.2 Å². The number of hydrogen-bond donors (Lipinski definition) is 3. The largest absolute Gasteiger partial charge is 0.392 e. The summed E-state index contributed by atoms with van der Waals surface area (Å²) in [6.07, 6.45) is 15.5. The Bertz CT molecular complexity index is 856. The summed E-state index contributed by atoms with van der Waals surface area (Å²) in [5.41, 5.74) is 7.14. The van der Waals surface area contributed by atoms with E-state index in [0.29, 0.717) is 6.04 Å². The van der Waals surface area contributed by atoms with Crippen molar-refractivity contribution >= 4 is 10.9 Å². The zero-order valence-corrected chi connectivity index (χ0v) is 15.3. The zero-order chi connectivity index (χ0) is 17.8. The highest BCUT2D eigenvalue weighted by Gasteiger charge is 2.24. The molecule has 26 heavy (non-hydrogen) atoms. The van der Waals surface area contributed by atoms with Gasteiger partial charge in [0.15, 0.2) is 0 Å². The van der Waals surface area contributed by atoms with Gasteiger partial charge in [0, 0.05) is 23.1 Å². The number of aliphatic hydroxyl groups is 1. The molecule has 0 aliphatic heterocycles. The maximum Gasteiger partial charge on any atom is 0.0615 e. The van der Waals surface area contributed by atoms with Crippen LogP contribution in [-0.4, -0.2) is 29.3 Å². The highest BCUT2D eigenvalue weighted by Crippen LogP contribution is 2.35. The average Bonchev–Trinajstić information content (AvgIpc) is 3.09. The predicted molar refractivity (Wildman–Crippen MR) is 108 cm³/mol. The summed E-state index contributed by atoms with van der Waals surface area (Å²) in [4.78, 5) is 3.37.